The van der Waals surface area contributed by atoms with E-state index in [1.54, 1.807) is 12.1 Å². The maximum atomic E-state index is 12.7. The number of benzene rings is 3. The van der Waals surface area contributed by atoms with E-state index in [1.165, 1.54) is 36.0 Å². The van der Waals surface area contributed by atoms with E-state index in [4.69, 9.17) is 0 Å². The zero-order chi connectivity index (χ0) is 21.3. The topological polar surface area (TPSA) is 48.1 Å². The van der Waals surface area contributed by atoms with Crippen LogP contribution in [0.5, 0.6) is 0 Å². The largest absolute Gasteiger partial charge is 0.416 e. The third-order valence-corrected chi connectivity index (χ3v) is 5.80. The first-order valence-corrected chi connectivity index (χ1v) is 9.95. The fourth-order valence-corrected chi connectivity index (χ4v) is 4.19. The number of thioether (sulfide) groups is 1. The molecule has 0 saturated carbocycles. The number of nitrogens with zero attached hydrogens (tertiary/aromatic N) is 2. The molecular weight excluding hydrogens is 413 g/mol. The molecule has 0 atom stereocenters. The van der Waals surface area contributed by atoms with Gasteiger partial charge in [-0.25, -0.2) is 0 Å². The van der Waals surface area contributed by atoms with E-state index in [2.05, 4.69) is 0 Å². The van der Waals surface area contributed by atoms with E-state index in [0.717, 1.165) is 39.2 Å². The van der Waals surface area contributed by atoms with E-state index in [0.29, 0.717) is 5.75 Å². The van der Waals surface area contributed by atoms with Crippen LogP contribution >= 0.6 is 11.8 Å². The molecule has 3 aromatic carbocycles. The quantitative estimate of drug-likeness (QED) is 0.198. The number of alkyl halides is 3. The van der Waals surface area contributed by atoms with E-state index in [1.807, 2.05) is 35.0 Å². The van der Waals surface area contributed by atoms with Gasteiger partial charge in [-0.05, 0) is 35.9 Å². The lowest BCUT2D eigenvalue weighted by atomic mass is 10.1. The second-order valence-corrected chi connectivity index (χ2v) is 7.65. The summed E-state index contributed by atoms with van der Waals surface area (Å²) in [5, 5.41) is 11.9. The lowest BCUT2D eigenvalue weighted by Crippen LogP contribution is -2.04. The van der Waals surface area contributed by atoms with E-state index < -0.39 is 16.7 Å². The summed E-state index contributed by atoms with van der Waals surface area (Å²) >= 11 is 1.53. The molecule has 0 radical (unpaired) electrons. The summed E-state index contributed by atoms with van der Waals surface area (Å²) < 4.78 is 40.2. The number of halogens is 3. The highest BCUT2D eigenvalue weighted by molar-refractivity contribution is 7.98. The average molecular weight is 428 g/mol. The van der Waals surface area contributed by atoms with Crippen molar-refractivity contribution in [2.75, 3.05) is 0 Å². The summed E-state index contributed by atoms with van der Waals surface area (Å²) in [6.45, 7) is 0. The lowest BCUT2D eigenvalue weighted by molar-refractivity contribution is -0.384. The number of nitro benzene ring substituents is 1. The molecule has 4 aromatic rings. The lowest BCUT2D eigenvalue weighted by Gasteiger charge is -2.07. The van der Waals surface area contributed by atoms with Gasteiger partial charge >= 0.3 is 6.18 Å². The fourth-order valence-electron chi connectivity index (χ4n) is 3.16. The number of rotatable bonds is 5. The van der Waals surface area contributed by atoms with Crippen LogP contribution in [0.2, 0.25) is 0 Å². The normalized spacial score (nSPS) is 11.7. The minimum absolute atomic E-state index is 0.0205. The van der Waals surface area contributed by atoms with Crippen LogP contribution in [0.4, 0.5) is 18.9 Å². The second-order valence-electron chi connectivity index (χ2n) is 6.64. The summed E-state index contributed by atoms with van der Waals surface area (Å²) in [7, 11) is 0. The van der Waals surface area contributed by atoms with Gasteiger partial charge in [0.1, 0.15) is 0 Å². The van der Waals surface area contributed by atoms with Crippen molar-refractivity contribution in [3.05, 3.63) is 100 Å². The van der Waals surface area contributed by atoms with Gasteiger partial charge in [0.2, 0.25) is 0 Å². The Morgan fingerprint density at radius 2 is 1.60 bits per heavy atom. The molecule has 4 nitrogen and oxygen atoms in total. The molecule has 0 aliphatic rings. The van der Waals surface area contributed by atoms with E-state index in [-0.39, 0.29) is 5.69 Å². The SMILES string of the molecule is O=[N+]([O-])c1ccc(-n2cc(SCc3ccc(C(F)(F)F)cc3)c3ccccc32)cc1. The van der Waals surface area contributed by atoms with Crippen molar-refractivity contribution in [2.45, 2.75) is 16.8 Å². The van der Waals surface area contributed by atoms with Crippen molar-refractivity contribution < 1.29 is 18.1 Å². The molecule has 0 unspecified atom stereocenters. The number of nitro groups is 1. The summed E-state index contributed by atoms with van der Waals surface area (Å²) in [4.78, 5) is 11.4. The smallest absolute Gasteiger partial charge is 0.315 e. The molecule has 4 rings (SSSR count). The van der Waals surface area contributed by atoms with Crippen molar-refractivity contribution in [3.63, 3.8) is 0 Å². The molecule has 0 spiro atoms. The Morgan fingerprint density at radius 3 is 2.23 bits per heavy atom. The van der Waals surface area contributed by atoms with Gasteiger partial charge in [0.15, 0.2) is 0 Å². The van der Waals surface area contributed by atoms with Crippen molar-refractivity contribution in [3.8, 4) is 5.69 Å². The van der Waals surface area contributed by atoms with Gasteiger partial charge in [0.25, 0.3) is 5.69 Å². The van der Waals surface area contributed by atoms with Gasteiger partial charge in [-0.15, -0.1) is 11.8 Å². The number of fused-ring (bicyclic) bond motifs is 1. The Morgan fingerprint density at radius 1 is 0.933 bits per heavy atom. The maximum absolute atomic E-state index is 12.7. The molecule has 0 aliphatic carbocycles. The maximum Gasteiger partial charge on any atom is 0.416 e. The standard InChI is InChI=1S/C22H15F3N2O2S/c23-22(24,25)16-7-5-15(6-8-16)14-30-21-13-26(20-4-2-1-3-19(20)21)17-9-11-18(12-10-17)27(28)29/h1-13H,14H2. The summed E-state index contributed by atoms with van der Waals surface area (Å²) in [6, 6.07) is 19.2. The van der Waals surface area contributed by atoms with Crippen molar-refractivity contribution in [1.82, 2.24) is 4.57 Å². The highest BCUT2D eigenvalue weighted by Gasteiger charge is 2.29. The Kier molecular flexibility index (Phi) is 5.26. The van der Waals surface area contributed by atoms with Crippen LogP contribution in [-0.2, 0) is 11.9 Å². The first-order chi connectivity index (χ1) is 14.3. The number of hydrogen-bond acceptors (Lipinski definition) is 3. The van der Waals surface area contributed by atoms with Crippen LogP contribution in [0.15, 0.2) is 83.9 Å². The van der Waals surface area contributed by atoms with Crippen LogP contribution < -0.4 is 0 Å². The molecule has 0 amide bonds. The average Bonchev–Trinajstić information content (AvgIpc) is 3.11. The number of para-hydroxylation sites is 1. The van der Waals surface area contributed by atoms with Crippen LogP contribution in [-0.4, -0.2) is 9.49 Å². The zero-order valence-electron chi connectivity index (χ0n) is 15.5. The van der Waals surface area contributed by atoms with Gasteiger partial charge in [-0.2, -0.15) is 13.2 Å². The van der Waals surface area contributed by atoms with Gasteiger partial charge in [-0.1, -0.05) is 30.3 Å². The van der Waals surface area contributed by atoms with Gasteiger partial charge in [-0.3, -0.25) is 10.1 Å². The summed E-state index contributed by atoms with van der Waals surface area (Å²) in [6.07, 6.45) is -2.40. The predicted octanol–water partition coefficient (Wildman–Crippen LogP) is 6.85. The van der Waals surface area contributed by atoms with E-state index >= 15 is 0 Å². The number of hydrogen-bond donors (Lipinski definition) is 0. The number of aromatic nitrogens is 1. The third kappa shape index (κ3) is 4.04. The predicted molar refractivity (Wildman–Crippen MR) is 111 cm³/mol. The van der Waals surface area contributed by atoms with Crippen LogP contribution in [0.1, 0.15) is 11.1 Å². The molecule has 0 N–H and O–H groups in total. The van der Waals surface area contributed by atoms with Crippen molar-refractivity contribution >= 4 is 28.4 Å². The minimum atomic E-state index is -4.34. The monoisotopic (exact) mass is 428 g/mol. The van der Waals surface area contributed by atoms with Crippen molar-refractivity contribution in [1.29, 1.82) is 0 Å². The minimum Gasteiger partial charge on any atom is -0.315 e. The summed E-state index contributed by atoms with van der Waals surface area (Å²) in [5.41, 5.74) is 1.89. The molecule has 1 aromatic heterocycles. The van der Waals surface area contributed by atoms with Gasteiger partial charge in [0, 0.05) is 40.1 Å². The Hall–Kier alpha value is -3.26. The number of non-ortho nitro benzene ring substituents is 1. The first kappa shape index (κ1) is 20.0. The molecule has 0 fully saturated rings. The summed E-state index contributed by atoms with van der Waals surface area (Å²) in [5.74, 6) is 0.520. The molecule has 0 saturated heterocycles. The van der Waals surface area contributed by atoms with E-state index in [9.17, 15) is 23.3 Å². The van der Waals surface area contributed by atoms with Crippen LogP contribution in [0.25, 0.3) is 16.6 Å². The highest BCUT2D eigenvalue weighted by atomic mass is 32.2. The first-order valence-electron chi connectivity index (χ1n) is 8.97. The Labute approximate surface area is 174 Å². The zero-order valence-corrected chi connectivity index (χ0v) is 16.3. The molecule has 152 valence electrons. The van der Waals surface area contributed by atoms with Gasteiger partial charge < -0.3 is 4.57 Å². The fraction of sp³-hybridized carbons (Fsp3) is 0.0909. The molecule has 0 aliphatic heterocycles. The van der Waals surface area contributed by atoms with Gasteiger partial charge in [0.05, 0.1) is 16.0 Å². The molecule has 8 heteroatoms. The Balaban J connectivity index is 1.61. The molecule has 1 heterocycles. The second kappa shape index (κ2) is 7.87. The Bertz CT molecular complexity index is 1200. The van der Waals surface area contributed by atoms with Crippen LogP contribution in [0.3, 0.4) is 0 Å². The third-order valence-electron chi connectivity index (χ3n) is 4.69. The molecule has 0 bridgehead atoms. The van der Waals surface area contributed by atoms with Crippen molar-refractivity contribution in [2.24, 2.45) is 0 Å². The molecular formula is C22H15F3N2O2S. The van der Waals surface area contributed by atoms with Crippen LogP contribution in [0, 0.1) is 10.1 Å². The highest BCUT2D eigenvalue weighted by Crippen LogP contribution is 2.35. The molecule has 30 heavy (non-hydrogen) atoms.